The monoisotopic (exact) mass is 474 g/mol. The van der Waals surface area contributed by atoms with Gasteiger partial charge in [0.05, 0.1) is 16.9 Å². The molecule has 0 spiro atoms. The number of hydrogen-bond donors (Lipinski definition) is 2. The van der Waals surface area contributed by atoms with Crippen LogP contribution in [0.3, 0.4) is 0 Å². The van der Waals surface area contributed by atoms with Crippen molar-refractivity contribution in [2.75, 3.05) is 16.6 Å². The Morgan fingerprint density at radius 3 is 1.38 bits per heavy atom. The fraction of sp³-hybridized carbons (Fsp3) is 0.217. The zero-order chi connectivity index (χ0) is 23.6. The predicted octanol–water partition coefficient (Wildman–Crippen LogP) is 4.59. The van der Waals surface area contributed by atoms with Gasteiger partial charge in [-0.1, -0.05) is 32.9 Å². The molecule has 3 aromatic carbocycles. The minimum atomic E-state index is -3.83. The first-order chi connectivity index (χ1) is 14.9. The summed E-state index contributed by atoms with van der Waals surface area (Å²) in [5.74, 6) is 0.609. The molecular formula is C23H26N2O5S2. The molecule has 0 unspecified atom stereocenters. The standard InChI is InChI=1S/C23H26N2O5S2/c1-23(2,3)17-5-13-21(14-6-17)31(26,27)25-19-9-15-22(16-10-19)32(28,29)24-18-7-11-20(30-4)12-8-18/h5-16,24-25H,1-4H3. The van der Waals surface area contributed by atoms with Gasteiger partial charge in [0.2, 0.25) is 0 Å². The summed E-state index contributed by atoms with van der Waals surface area (Å²) in [7, 11) is -6.11. The molecule has 0 heterocycles. The minimum absolute atomic E-state index is 0.00537. The number of methoxy groups -OCH3 is 1. The first kappa shape index (κ1) is 23.6. The van der Waals surface area contributed by atoms with Crippen LogP contribution in [0.5, 0.6) is 5.75 Å². The van der Waals surface area contributed by atoms with Gasteiger partial charge in [0, 0.05) is 11.4 Å². The second kappa shape index (κ2) is 8.84. The van der Waals surface area contributed by atoms with E-state index in [1.807, 2.05) is 20.8 Å². The van der Waals surface area contributed by atoms with Gasteiger partial charge >= 0.3 is 0 Å². The Hall–Kier alpha value is -3.04. The summed E-state index contributed by atoms with van der Waals surface area (Å²) >= 11 is 0. The maximum absolute atomic E-state index is 12.7. The zero-order valence-electron chi connectivity index (χ0n) is 18.3. The molecule has 0 aliphatic carbocycles. The van der Waals surface area contributed by atoms with E-state index in [0.717, 1.165) is 5.56 Å². The van der Waals surface area contributed by atoms with Crippen molar-refractivity contribution in [3.8, 4) is 5.75 Å². The third-order valence-electron chi connectivity index (χ3n) is 4.79. The van der Waals surface area contributed by atoms with E-state index >= 15 is 0 Å². The normalized spacial score (nSPS) is 12.2. The van der Waals surface area contributed by atoms with Gasteiger partial charge in [0.1, 0.15) is 5.75 Å². The Morgan fingerprint density at radius 1 is 0.625 bits per heavy atom. The quantitative estimate of drug-likeness (QED) is 0.521. The number of ether oxygens (including phenoxy) is 1. The second-order valence-corrected chi connectivity index (χ2v) is 11.6. The van der Waals surface area contributed by atoms with E-state index in [0.29, 0.717) is 11.4 Å². The fourth-order valence-electron chi connectivity index (χ4n) is 2.92. The largest absolute Gasteiger partial charge is 0.497 e. The average molecular weight is 475 g/mol. The van der Waals surface area contributed by atoms with E-state index in [2.05, 4.69) is 9.44 Å². The van der Waals surface area contributed by atoms with Crippen LogP contribution in [-0.4, -0.2) is 23.9 Å². The topological polar surface area (TPSA) is 102 Å². The Balaban J connectivity index is 1.74. The number of rotatable bonds is 7. The first-order valence-electron chi connectivity index (χ1n) is 9.81. The lowest BCUT2D eigenvalue weighted by Gasteiger charge is -2.19. The molecule has 0 bridgehead atoms. The van der Waals surface area contributed by atoms with Gasteiger partial charge in [0.25, 0.3) is 20.0 Å². The van der Waals surface area contributed by atoms with Crippen LogP contribution < -0.4 is 14.2 Å². The molecule has 0 saturated carbocycles. The number of anilines is 2. The van der Waals surface area contributed by atoms with Crippen LogP contribution in [0.1, 0.15) is 26.3 Å². The Labute approximate surface area is 189 Å². The maximum atomic E-state index is 12.7. The molecule has 3 aromatic rings. The van der Waals surface area contributed by atoms with Crippen molar-refractivity contribution in [1.82, 2.24) is 0 Å². The Kier molecular flexibility index (Phi) is 6.52. The van der Waals surface area contributed by atoms with Crippen molar-refractivity contribution in [1.29, 1.82) is 0 Å². The number of sulfonamides is 2. The third-order valence-corrected chi connectivity index (χ3v) is 7.58. The third kappa shape index (κ3) is 5.60. The molecule has 0 aliphatic rings. The van der Waals surface area contributed by atoms with Crippen molar-refractivity contribution in [3.63, 3.8) is 0 Å². The van der Waals surface area contributed by atoms with Crippen LogP contribution in [-0.2, 0) is 25.5 Å². The summed E-state index contributed by atoms with van der Waals surface area (Å²) in [6.45, 7) is 6.15. The van der Waals surface area contributed by atoms with Gasteiger partial charge in [-0.2, -0.15) is 0 Å². The molecule has 9 heteroatoms. The van der Waals surface area contributed by atoms with Crippen molar-refractivity contribution in [2.45, 2.75) is 36.0 Å². The molecule has 0 atom stereocenters. The van der Waals surface area contributed by atoms with Crippen LogP contribution >= 0.6 is 0 Å². The molecule has 7 nitrogen and oxygen atoms in total. The van der Waals surface area contributed by atoms with Gasteiger partial charge in [-0.3, -0.25) is 9.44 Å². The number of nitrogens with one attached hydrogen (secondary N) is 2. The zero-order valence-corrected chi connectivity index (χ0v) is 19.9. The highest BCUT2D eigenvalue weighted by molar-refractivity contribution is 7.93. The molecule has 0 aromatic heterocycles. The summed E-state index contributed by atoms with van der Waals surface area (Å²) in [4.78, 5) is 0.133. The van der Waals surface area contributed by atoms with Crippen LogP contribution in [0.2, 0.25) is 0 Å². The summed E-state index contributed by atoms with van der Waals surface area (Å²) in [5, 5.41) is 0. The van der Waals surface area contributed by atoms with Crippen LogP contribution in [0.15, 0.2) is 82.6 Å². The van der Waals surface area contributed by atoms with Crippen molar-refractivity contribution in [2.24, 2.45) is 0 Å². The highest BCUT2D eigenvalue weighted by Crippen LogP contribution is 2.25. The van der Waals surface area contributed by atoms with Crippen molar-refractivity contribution < 1.29 is 21.6 Å². The van der Waals surface area contributed by atoms with E-state index in [-0.39, 0.29) is 20.9 Å². The van der Waals surface area contributed by atoms with Gasteiger partial charge in [-0.15, -0.1) is 0 Å². The van der Waals surface area contributed by atoms with Gasteiger partial charge in [-0.25, -0.2) is 16.8 Å². The van der Waals surface area contributed by atoms with E-state index in [4.69, 9.17) is 4.74 Å². The highest BCUT2D eigenvalue weighted by Gasteiger charge is 2.19. The SMILES string of the molecule is COc1ccc(NS(=O)(=O)c2ccc(NS(=O)(=O)c3ccc(C(C)(C)C)cc3)cc2)cc1. The van der Waals surface area contributed by atoms with Gasteiger partial charge in [-0.05, 0) is 71.6 Å². The molecule has 0 saturated heterocycles. The molecule has 0 aliphatic heterocycles. The average Bonchev–Trinajstić information content (AvgIpc) is 2.73. The van der Waals surface area contributed by atoms with E-state index in [1.165, 1.54) is 31.4 Å². The molecule has 0 fully saturated rings. The summed E-state index contributed by atoms with van der Waals surface area (Å²) in [6.07, 6.45) is 0. The number of benzene rings is 3. The van der Waals surface area contributed by atoms with Crippen LogP contribution in [0, 0.1) is 0 Å². The highest BCUT2D eigenvalue weighted by atomic mass is 32.2. The minimum Gasteiger partial charge on any atom is -0.497 e. The number of hydrogen-bond acceptors (Lipinski definition) is 5. The smallest absolute Gasteiger partial charge is 0.261 e. The molecule has 170 valence electrons. The van der Waals surface area contributed by atoms with Gasteiger partial charge in [0.15, 0.2) is 0 Å². The summed E-state index contributed by atoms with van der Waals surface area (Å²) in [6, 6.07) is 18.6. The van der Waals surface area contributed by atoms with Crippen molar-refractivity contribution >= 4 is 31.4 Å². The molecule has 0 amide bonds. The molecular weight excluding hydrogens is 448 g/mol. The van der Waals surface area contributed by atoms with Crippen LogP contribution in [0.25, 0.3) is 0 Å². The van der Waals surface area contributed by atoms with E-state index < -0.39 is 20.0 Å². The van der Waals surface area contributed by atoms with Crippen molar-refractivity contribution in [3.05, 3.63) is 78.4 Å². The first-order valence-corrected chi connectivity index (χ1v) is 12.8. The Bertz CT molecular complexity index is 1280. The predicted molar refractivity (Wildman–Crippen MR) is 126 cm³/mol. The molecule has 32 heavy (non-hydrogen) atoms. The summed E-state index contributed by atoms with van der Waals surface area (Å²) < 4.78 is 60.6. The molecule has 0 radical (unpaired) electrons. The fourth-order valence-corrected chi connectivity index (χ4v) is 5.04. The Morgan fingerprint density at radius 2 is 1.00 bits per heavy atom. The lowest BCUT2D eigenvalue weighted by Crippen LogP contribution is -2.15. The lowest BCUT2D eigenvalue weighted by atomic mass is 9.87. The maximum Gasteiger partial charge on any atom is 0.261 e. The van der Waals surface area contributed by atoms with Crippen LogP contribution in [0.4, 0.5) is 11.4 Å². The summed E-state index contributed by atoms with van der Waals surface area (Å²) in [5.41, 5.74) is 1.58. The molecule has 2 N–H and O–H groups in total. The lowest BCUT2D eigenvalue weighted by molar-refractivity contribution is 0.415. The van der Waals surface area contributed by atoms with E-state index in [1.54, 1.807) is 48.5 Å². The second-order valence-electron chi connectivity index (χ2n) is 8.24. The van der Waals surface area contributed by atoms with E-state index in [9.17, 15) is 16.8 Å². The van der Waals surface area contributed by atoms with Gasteiger partial charge < -0.3 is 4.74 Å². The molecule has 3 rings (SSSR count).